The summed E-state index contributed by atoms with van der Waals surface area (Å²) in [7, 11) is 0. The van der Waals surface area contributed by atoms with Crippen molar-refractivity contribution in [3.05, 3.63) is 55.3 Å². The van der Waals surface area contributed by atoms with Crippen molar-refractivity contribution < 1.29 is 9.84 Å². The monoisotopic (exact) mass is 405 g/mol. The van der Waals surface area contributed by atoms with E-state index in [-0.39, 0.29) is 34.7 Å². The number of aromatic hydroxyl groups is 1. The van der Waals surface area contributed by atoms with E-state index in [2.05, 4.69) is 4.99 Å². The Morgan fingerprint density at radius 1 is 1.48 bits per heavy atom. The zero-order valence-corrected chi connectivity index (χ0v) is 16.1. The lowest BCUT2D eigenvalue weighted by molar-refractivity contribution is 0.0938. The summed E-state index contributed by atoms with van der Waals surface area (Å²) in [6.45, 7) is 2.40. The van der Waals surface area contributed by atoms with Gasteiger partial charge >= 0.3 is 0 Å². The Bertz CT molecular complexity index is 1000. The van der Waals surface area contributed by atoms with Gasteiger partial charge in [-0.15, -0.1) is 0 Å². The number of nitrogens with zero attached hydrogens (tertiary/aromatic N) is 3. The molecule has 0 aliphatic carbocycles. The summed E-state index contributed by atoms with van der Waals surface area (Å²) in [6, 6.07) is 6.93. The Balaban J connectivity index is 2.08. The van der Waals surface area contributed by atoms with Crippen molar-refractivity contribution in [2.75, 3.05) is 6.61 Å². The van der Waals surface area contributed by atoms with E-state index in [9.17, 15) is 15.2 Å². The highest BCUT2D eigenvalue weighted by Gasteiger charge is 2.23. The summed E-state index contributed by atoms with van der Waals surface area (Å²) in [5, 5.41) is 20.7. The van der Waals surface area contributed by atoms with Gasteiger partial charge in [-0.3, -0.25) is 14.4 Å². The first-order valence-electron chi connectivity index (χ1n) is 8.40. The van der Waals surface area contributed by atoms with Crippen LogP contribution in [0.15, 0.2) is 28.0 Å². The molecule has 1 fully saturated rings. The van der Waals surface area contributed by atoms with Crippen LogP contribution in [-0.4, -0.2) is 28.6 Å². The van der Waals surface area contributed by atoms with E-state index in [1.165, 1.54) is 10.8 Å². The summed E-state index contributed by atoms with van der Waals surface area (Å²) in [6.07, 6.45) is 2.91. The second kappa shape index (κ2) is 8.13. The number of nitriles is 1. The van der Waals surface area contributed by atoms with Gasteiger partial charge in [0.15, 0.2) is 0 Å². The van der Waals surface area contributed by atoms with E-state index in [1.54, 1.807) is 25.1 Å². The Kier molecular flexibility index (Phi) is 5.85. The van der Waals surface area contributed by atoms with Crippen molar-refractivity contribution >= 4 is 35.1 Å². The van der Waals surface area contributed by atoms with E-state index in [1.807, 2.05) is 6.07 Å². The first kappa shape index (κ1) is 19.4. The van der Waals surface area contributed by atoms with Crippen LogP contribution in [0, 0.1) is 18.3 Å². The summed E-state index contributed by atoms with van der Waals surface area (Å²) in [4.78, 5) is 16.9. The number of pyridine rings is 1. The largest absolute Gasteiger partial charge is 0.494 e. The molecule has 27 heavy (non-hydrogen) atoms. The maximum absolute atomic E-state index is 12.6. The van der Waals surface area contributed by atoms with Gasteiger partial charge in [-0.25, -0.2) is 0 Å². The van der Waals surface area contributed by atoms with E-state index in [0.29, 0.717) is 22.9 Å². The van der Waals surface area contributed by atoms with E-state index in [0.717, 1.165) is 12.8 Å². The molecule has 0 bridgehead atoms. The van der Waals surface area contributed by atoms with Crippen molar-refractivity contribution in [1.82, 2.24) is 4.57 Å². The number of ether oxygens (including phenoxy) is 1. The number of aliphatic imine (C=N–C) groups is 1. The average molecular weight is 406 g/mol. The van der Waals surface area contributed by atoms with Crippen LogP contribution in [-0.2, 0) is 11.3 Å². The standard InChI is InChI=1S/C19H17Cl2N3O3/c1-11-13(8-22)18(25)24(10-12-4-3-7-27-12)19(26)14(11)9-23-16-6-2-5-15(20)17(16)21/h2,5-6,9,12,26H,3-4,7,10H2,1H3. The van der Waals surface area contributed by atoms with Crippen molar-refractivity contribution in [2.24, 2.45) is 4.99 Å². The zero-order valence-electron chi connectivity index (χ0n) is 14.6. The summed E-state index contributed by atoms with van der Waals surface area (Å²) < 4.78 is 6.72. The smallest absolute Gasteiger partial charge is 0.271 e. The SMILES string of the molecule is Cc1c(C=Nc2cccc(Cl)c2Cl)c(O)n(CC2CCCO2)c(=O)c1C#N. The van der Waals surface area contributed by atoms with Crippen LogP contribution in [0.2, 0.25) is 10.0 Å². The van der Waals surface area contributed by atoms with Gasteiger partial charge in [0.25, 0.3) is 5.56 Å². The fourth-order valence-corrected chi connectivity index (χ4v) is 3.36. The second-order valence-electron chi connectivity index (χ2n) is 6.23. The van der Waals surface area contributed by atoms with Crippen molar-refractivity contribution in [3.63, 3.8) is 0 Å². The van der Waals surface area contributed by atoms with Crippen LogP contribution >= 0.6 is 23.2 Å². The highest BCUT2D eigenvalue weighted by atomic mass is 35.5. The molecule has 0 saturated carbocycles. The molecule has 1 atom stereocenters. The molecule has 140 valence electrons. The lowest BCUT2D eigenvalue weighted by Gasteiger charge is -2.17. The Labute approximate surface area is 166 Å². The molecule has 1 aromatic heterocycles. The van der Waals surface area contributed by atoms with Gasteiger partial charge in [0.1, 0.15) is 11.6 Å². The lowest BCUT2D eigenvalue weighted by Crippen LogP contribution is -2.29. The normalized spacial score (nSPS) is 16.7. The number of hydrogen-bond donors (Lipinski definition) is 1. The second-order valence-corrected chi connectivity index (χ2v) is 7.02. The molecule has 6 nitrogen and oxygen atoms in total. The quantitative estimate of drug-likeness (QED) is 0.779. The van der Waals surface area contributed by atoms with Crippen molar-refractivity contribution in [1.29, 1.82) is 5.26 Å². The number of halogens is 2. The maximum Gasteiger partial charge on any atom is 0.271 e. The first-order chi connectivity index (χ1) is 12.9. The molecule has 3 rings (SSSR count). The summed E-state index contributed by atoms with van der Waals surface area (Å²) in [5.41, 5.74) is 0.467. The molecule has 1 saturated heterocycles. The van der Waals surface area contributed by atoms with E-state index < -0.39 is 5.56 Å². The average Bonchev–Trinajstić information content (AvgIpc) is 3.15. The maximum atomic E-state index is 12.6. The predicted molar refractivity (Wildman–Crippen MR) is 105 cm³/mol. The Morgan fingerprint density at radius 3 is 2.93 bits per heavy atom. The van der Waals surface area contributed by atoms with Crippen molar-refractivity contribution in [2.45, 2.75) is 32.4 Å². The highest BCUT2D eigenvalue weighted by molar-refractivity contribution is 6.43. The minimum atomic E-state index is -0.541. The molecule has 2 heterocycles. The molecular formula is C19H17Cl2N3O3. The minimum Gasteiger partial charge on any atom is -0.494 e. The third kappa shape index (κ3) is 3.86. The third-order valence-electron chi connectivity index (χ3n) is 4.52. The number of rotatable bonds is 4. The molecular weight excluding hydrogens is 389 g/mol. The van der Waals surface area contributed by atoms with E-state index in [4.69, 9.17) is 27.9 Å². The van der Waals surface area contributed by atoms with Crippen LogP contribution in [0.4, 0.5) is 5.69 Å². The van der Waals surface area contributed by atoms with Gasteiger partial charge < -0.3 is 9.84 Å². The molecule has 8 heteroatoms. The molecule has 1 aliphatic rings. The molecule has 1 aromatic carbocycles. The van der Waals surface area contributed by atoms with Gasteiger partial charge in [0, 0.05) is 12.8 Å². The zero-order chi connectivity index (χ0) is 19.6. The molecule has 2 aromatic rings. The first-order valence-corrected chi connectivity index (χ1v) is 9.15. The number of benzene rings is 1. The molecule has 1 N–H and O–H groups in total. The van der Waals surface area contributed by atoms with Crippen LogP contribution in [0.3, 0.4) is 0 Å². The fourth-order valence-electron chi connectivity index (χ4n) is 3.01. The Hall–Kier alpha value is -2.33. The van der Waals surface area contributed by atoms with Gasteiger partial charge in [-0.1, -0.05) is 29.3 Å². The van der Waals surface area contributed by atoms with Gasteiger partial charge in [0.2, 0.25) is 5.88 Å². The molecule has 0 radical (unpaired) electrons. The van der Waals surface area contributed by atoms with Gasteiger partial charge in [0.05, 0.1) is 33.9 Å². The van der Waals surface area contributed by atoms with Crippen LogP contribution in [0.5, 0.6) is 5.88 Å². The van der Waals surface area contributed by atoms with E-state index >= 15 is 0 Å². The number of aromatic nitrogens is 1. The van der Waals surface area contributed by atoms with Crippen LogP contribution in [0.25, 0.3) is 0 Å². The minimum absolute atomic E-state index is 0.0376. The van der Waals surface area contributed by atoms with Gasteiger partial charge in [-0.05, 0) is 37.5 Å². The molecule has 1 unspecified atom stereocenters. The topological polar surface area (TPSA) is 87.6 Å². The van der Waals surface area contributed by atoms with Crippen LogP contribution < -0.4 is 5.56 Å². The van der Waals surface area contributed by atoms with Gasteiger partial charge in [-0.2, -0.15) is 5.26 Å². The molecule has 0 amide bonds. The fraction of sp³-hybridized carbons (Fsp3) is 0.316. The highest BCUT2D eigenvalue weighted by Crippen LogP contribution is 2.32. The van der Waals surface area contributed by atoms with Crippen LogP contribution in [0.1, 0.15) is 29.5 Å². The summed E-state index contributed by atoms with van der Waals surface area (Å²) >= 11 is 12.1. The predicted octanol–water partition coefficient (Wildman–Crippen LogP) is 3.97. The summed E-state index contributed by atoms with van der Waals surface area (Å²) in [5.74, 6) is -0.256. The molecule has 1 aliphatic heterocycles. The third-order valence-corrected chi connectivity index (χ3v) is 5.33. The number of hydrogen-bond acceptors (Lipinski definition) is 5. The van der Waals surface area contributed by atoms with Crippen molar-refractivity contribution in [3.8, 4) is 11.9 Å². The molecule has 0 spiro atoms. The lowest BCUT2D eigenvalue weighted by atomic mass is 10.1. The Morgan fingerprint density at radius 2 is 2.26 bits per heavy atom.